The predicted octanol–water partition coefficient (Wildman–Crippen LogP) is 4.97. The fourth-order valence-corrected chi connectivity index (χ4v) is 3.72. The van der Waals surface area contributed by atoms with E-state index in [1.165, 1.54) is 19.3 Å². The van der Waals surface area contributed by atoms with Gasteiger partial charge in [-0.15, -0.1) is 0 Å². The van der Waals surface area contributed by atoms with E-state index in [-0.39, 0.29) is 16.3 Å². The molecule has 1 fully saturated rings. The zero-order chi connectivity index (χ0) is 19.1. The van der Waals surface area contributed by atoms with E-state index in [1.807, 2.05) is 13.1 Å². The van der Waals surface area contributed by atoms with Gasteiger partial charge in [0, 0.05) is 30.8 Å². The largest absolute Gasteiger partial charge is 0.291 e. The summed E-state index contributed by atoms with van der Waals surface area (Å²) in [5, 5.41) is 0.610. The highest BCUT2D eigenvalue weighted by Crippen LogP contribution is 2.29. The van der Waals surface area contributed by atoms with Crippen LogP contribution >= 0.6 is 23.2 Å². The monoisotopic (exact) mass is 393 g/mol. The van der Waals surface area contributed by atoms with E-state index in [0.29, 0.717) is 22.0 Å². The van der Waals surface area contributed by atoms with E-state index in [0.717, 1.165) is 12.2 Å². The lowest BCUT2D eigenvalue weighted by molar-refractivity contribution is 0.0996. The molecule has 1 aliphatic rings. The summed E-state index contributed by atoms with van der Waals surface area (Å²) in [6, 6.07) is 7.04. The molecule has 1 aromatic heterocycles. The van der Waals surface area contributed by atoms with Gasteiger partial charge in [0.05, 0.1) is 15.6 Å². The number of rotatable bonds is 3. The Bertz CT molecular complexity index is 899. The highest BCUT2D eigenvalue weighted by molar-refractivity contribution is 6.43. The summed E-state index contributed by atoms with van der Waals surface area (Å²) < 4.78 is 4.24. The maximum atomic E-state index is 12.7. The van der Waals surface area contributed by atoms with Crippen molar-refractivity contribution in [1.29, 1.82) is 0 Å². The Morgan fingerprint density at radius 1 is 1.27 bits per heavy atom. The molecule has 4 nitrogen and oxygen atoms in total. The molecule has 0 N–H and O–H groups in total. The molecule has 6 heteroatoms. The van der Waals surface area contributed by atoms with Crippen molar-refractivity contribution in [2.45, 2.75) is 52.0 Å². The summed E-state index contributed by atoms with van der Waals surface area (Å²) in [5.41, 5.74) is 2.10. The van der Waals surface area contributed by atoms with Crippen LogP contribution in [0.25, 0.3) is 0 Å². The van der Waals surface area contributed by atoms with Crippen molar-refractivity contribution in [2.75, 3.05) is 0 Å². The van der Waals surface area contributed by atoms with Crippen LogP contribution < -0.4 is 5.49 Å². The van der Waals surface area contributed by atoms with Gasteiger partial charge in [-0.25, -0.2) is 0 Å². The van der Waals surface area contributed by atoms with Crippen LogP contribution in [-0.4, -0.2) is 15.3 Å². The van der Waals surface area contributed by atoms with E-state index >= 15 is 0 Å². The normalized spacial score (nSPS) is 16.0. The van der Waals surface area contributed by atoms with E-state index in [2.05, 4.69) is 35.1 Å². The SMILES string of the molecule is Cn1c(C(C)(C)C)c/c(=N\C(=O)c2cccc(Cl)c2Cl)n1CC1CCC1. The van der Waals surface area contributed by atoms with E-state index in [1.54, 1.807) is 18.2 Å². The Balaban J connectivity index is 2.08. The van der Waals surface area contributed by atoms with Crippen molar-refractivity contribution in [3.05, 3.63) is 51.1 Å². The topological polar surface area (TPSA) is 39.3 Å². The zero-order valence-corrected chi connectivity index (χ0v) is 17.2. The second-order valence-corrected chi connectivity index (χ2v) is 8.84. The number of hydrogen-bond donors (Lipinski definition) is 0. The van der Waals surface area contributed by atoms with E-state index in [4.69, 9.17) is 23.2 Å². The van der Waals surface area contributed by atoms with Crippen LogP contribution in [0.4, 0.5) is 0 Å². The fourth-order valence-electron chi connectivity index (χ4n) is 3.34. The van der Waals surface area contributed by atoms with Gasteiger partial charge in [0.25, 0.3) is 5.91 Å². The number of hydrogen-bond acceptors (Lipinski definition) is 1. The minimum absolute atomic E-state index is 0.0410. The summed E-state index contributed by atoms with van der Waals surface area (Å²) in [4.78, 5) is 17.1. The number of benzene rings is 1. The average molecular weight is 394 g/mol. The predicted molar refractivity (Wildman–Crippen MR) is 106 cm³/mol. The van der Waals surface area contributed by atoms with Crippen LogP contribution in [0, 0.1) is 5.92 Å². The van der Waals surface area contributed by atoms with Gasteiger partial charge in [-0.1, -0.05) is 56.5 Å². The van der Waals surface area contributed by atoms with Gasteiger partial charge in [0.2, 0.25) is 0 Å². The summed E-state index contributed by atoms with van der Waals surface area (Å²) >= 11 is 12.2. The van der Waals surface area contributed by atoms with E-state index < -0.39 is 0 Å². The molecule has 0 bridgehead atoms. The molecular formula is C20H25Cl2N3O. The Morgan fingerprint density at radius 2 is 1.96 bits per heavy atom. The summed E-state index contributed by atoms with van der Waals surface area (Å²) in [5.74, 6) is 0.283. The molecule has 0 radical (unpaired) electrons. The van der Waals surface area contributed by atoms with Crippen LogP contribution in [0.15, 0.2) is 29.3 Å². The number of amides is 1. The minimum atomic E-state index is -0.370. The highest BCUT2D eigenvalue weighted by Gasteiger charge is 2.24. The quantitative estimate of drug-likeness (QED) is 0.724. The highest BCUT2D eigenvalue weighted by atomic mass is 35.5. The third-order valence-corrected chi connectivity index (χ3v) is 5.88. The molecule has 0 spiro atoms. The molecule has 0 unspecified atom stereocenters. The molecule has 1 aliphatic carbocycles. The van der Waals surface area contributed by atoms with Gasteiger partial charge in [-0.05, 0) is 30.9 Å². The maximum absolute atomic E-state index is 12.7. The third-order valence-electron chi connectivity index (χ3n) is 5.06. The third kappa shape index (κ3) is 3.77. The van der Waals surface area contributed by atoms with Gasteiger partial charge in [0.1, 0.15) is 0 Å². The molecule has 3 rings (SSSR count). The molecule has 1 amide bonds. The lowest BCUT2D eigenvalue weighted by Gasteiger charge is -2.27. The van der Waals surface area contributed by atoms with Gasteiger partial charge in [-0.3, -0.25) is 14.2 Å². The van der Waals surface area contributed by atoms with E-state index in [9.17, 15) is 4.79 Å². The first-order valence-corrected chi connectivity index (χ1v) is 9.74. The van der Waals surface area contributed by atoms with Crippen molar-refractivity contribution in [1.82, 2.24) is 9.36 Å². The molecule has 1 heterocycles. The lowest BCUT2D eigenvalue weighted by Crippen LogP contribution is -2.30. The molecular weight excluding hydrogens is 369 g/mol. The van der Waals surface area contributed by atoms with Gasteiger partial charge in [0.15, 0.2) is 5.49 Å². The Kier molecular flexibility index (Phi) is 5.36. The first-order chi connectivity index (χ1) is 12.2. The van der Waals surface area contributed by atoms with Gasteiger partial charge < -0.3 is 0 Å². The second-order valence-electron chi connectivity index (χ2n) is 8.06. The van der Waals surface area contributed by atoms with Crippen molar-refractivity contribution in [3.8, 4) is 0 Å². The van der Waals surface area contributed by atoms with Crippen molar-refractivity contribution in [2.24, 2.45) is 18.0 Å². The molecule has 2 aromatic rings. The first-order valence-electron chi connectivity index (χ1n) is 8.99. The maximum Gasteiger partial charge on any atom is 0.280 e. The van der Waals surface area contributed by atoms with Gasteiger partial charge >= 0.3 is 0 Å². The van der Waals surface area contributed by atoms with Gasteiger partial charge in [-0.2, -0.15) is 4.99 Å². The molecule has 26 heavy (non-hydrogen) atoms. The molecule has 0 atom stereocenters. The Labute approximate surface area is 164 Å². The molecule has 1 aromatic carbocycles. The molecule has 140 valence electrons. The van der Waals surface area contributed by atoms with Crippen LogP contribution in [0.1, 0.15) is 56.1 Å². The van der Waals surface area contributed by atoms with Crippen molar-refractivity contribution in [3.63, 3.8) is 0 Å². The smallest absolute Gasteiger partial charge is 0.280 e. The summed E-state index contributed by atoms with van der Waals surface area (Å²) in [6.07, 6.45) is 3.75. The summed E-state index contributed by atoms with van der Waals surface area (Å²) in [6.45, 7) is 7.36. The number of nitrogens with zero attached hydrogens (tertiary/aromatic N) is 3. The van der Waals surface area contributed by atoms with Crippen molar-refractivity contribution >= 4 is 29.1 Å². The zero-order valence-electron chi connectivity index (χ0n) is 15.7. The molecule has 0 saturated heterocycles. The first kappa shape index (κ1) is 19.2. The second kappa shape index (κ2) is 7.24. The lowest BCUT2D eigenvalue weighted by atomic mass is 9.85. The van der Waals surface area contributed by atoms with Crippen LogP contribution in [0.3, 0.4) is 0 Å². The van der Waals surface area contributed by atoms with Crippen LogP contribution in [0.5, 0.6) is 0 Å². The Hall–Kier alpha value is -1.52. The van der Waals surface area contributed by atoms with Crippen LogP contribution in [0.2, 0.25) is 10.0 Å². The number of carbonyl (C=O) groups is 1. The number of aromatic nitrogens is 2. The average Bonchev–Trinajstić information content (AvgIpc) is 2.82. The van der Waals surface area contributed by atoms with Crippen molar-refractivity contribution < 1.29 is 4.79 Å². The number of halogens is 2. The minimum Gasteiger partial charge on any atom is -0.291 e. The molecule has 1 saturated carbocycles. The number of carbonyl (C=O) groups excluding carboxylic acids is 1. The fraction of sp³-hybridized carbons (Fsp3) is 0.500. The standard InChI is InChI=1S/C20H25Cl2N3O/c1-20(2,3)16-11-17(25(24(16)4)12-13-7-5-8-13)23-19(26)14-9-6-10-15(21)18(14)22/h6,9-11,13H,5,7-8,12H2,1-4H3/b23-17+. The molecule has 0 aliphatic heterocycles. The summed E-state index contributed by atoms with van der Waals surface area (Å²) in [7, 11) is 2.04. The Morgan fingerprint density at radius 3 is 2.54 bits per heavy atom. The van der Waals surface area contributed by atoms with Crippen LogP contribution in [-0.2, 0) is 19.0 Å².